The highest BCUT2D eigenvalue weighted by atomic mass is 16.6. The van der Waals surface area contributed by atoms with Gasteiger partial charge in [0.25, 0.3) is 0 Å². The van der Waals surface area contributed by atoms with Crippen LogP contribution < -0.4 is 4.90 Å². The first kappa shape index (κ1) is 8.56. The molecule has 6 nitrogen and oxygen atoms in total. The summed E-state index contributed by atoms with van der Waals surface area (Å²) in [6.45, 7) is 0.796. The molecule has 0 aliphatic carbocycles. The fourth-order valence-corrected chi connectivity index (χ4v) is 1.34. The largest absolute Gasteiger partial charge is 0.447 e. The van der Waals surface area contributed by atoms with E-state index in [9.17, 15) is 4.79 Å². The molecule has 1 saturated heterocycles. The SMILES string of the molecule is Cn1cc(C#N)c(N2CCOC2=O)n1. The Morgan fingerprint density at radius 2 is 2.50 bits per heavy atom. The van der Waals surface area contributed by atoms with Gasteiger partial charge in [-0.3, -0.25) is 9.58 Å². The minimum atomic E-state index is -0.444. The number of nitriles is 1. The zero-order valence-corrected chi connectivity index (χ0v) is 7.60. The average molecular weight is 192 g/mol. The lowest BCUT2D eigenvalue weighted by Gasteiger charge is -2.08. The molecular weight excluding hydrogens is 184 g/mol. The lowest BCUT2D eigenvalue weighted by atomic mass is 10.3. The average Bonchev–Trinajstić information content (AvgIpc) is 2.71. The molecule has 0 N–H and O–H groups in total. The molecule has 0 saturated carbocycles. The van der Waals surface area contributed by atoms with Gasteiger partial charge in [0, 0.05) is 13.2 Å². The van der Waals surface area contributed by atoms with E-state index in [4.69, 9.17) is 10.00 Å². The third-order valence-electron chi connectivity index (χ3n) is 1.95. The summed E-state index contributed by atoms with van der Waals surface area (Å²) < 4.78 is 6.26. The smallest absolute Gasteiger partial charge is 0.415 e. The van der Waals surface area contributed by atoms with E-state index in [1.54, 1.807) is 13.2 Å². The number of rotatable bonds is 1. The van der Waals surface area contributed by atoms with Gasteiger partial charge < -0.3 is 4.74 Å². The summed E-state index contributed by atoms with van der Waals surface area (Å²) in [6, 6.07) is 1.98. The molecule has 1 amide bonds. The highest BCUT2D eigenvalue weighted by molar-refractivity contribution is 5.89. The predicted molar refractivity (Wildman–Crippen MR) is 46.6 cm³/mol. The number of nitrogens with zero attached hydrogens (tertiary/aromatic N) is 4. The molecule has 14 heavy (non-hydrogen) atoms. The van der Waals surface area contributed by atoms with E-state index in [0.717, 1.165) is 0 Å². The first-order valence-corrected chi connectivity index (χ1v) is 4.10. The summed E-state index contributed by atoms with van der Waals surface area (Å²) in [5, 5.41) is 12.8. The van der Waals surface area contributed by atoms with Gasteiger partial charge in [0.15, 0.2) is 5.82 Å². The van der Waals surface area contributed by atoms with Gasteiger partial charge in [-0.1, -0.05) is 0 Å². The number of ether oxygens (including phenoxy) is 1. The normalized spacial score (nSPS) is 15.4. The number of cyclic esters (lactones) is 1. The van der Waals surface area contributed by atoms with Crippen molar-refractivity contribution in [1.82, 2.24) is 9.78 Å². The van der Waals surface area contributed by atoms with Gasteiger partial charge in [-0.25, -0.2) is 4.79 Å². The maximum absolute atomic E-state index is 11.2. The van der Waals surface area contributed by atoms with Crippen LogP contribution in [0.15, 0.2) is 6.20 Å². The molecule has 0 atom stereocenters. The van der Waals surface area contributed by atoms with Crippen molar-refractivity contribution >= 4 is 11.9 Å². The van der Waals surface area contributed by atoms with Gasteiger partial charge in [0.05, 0.1) is 6.54 Å². The van der Waals surface area contributed by atoms with Crippen molar-refractivity contribution in [2.24, 2.45) is 7.05 Å². The molecule has 0 spiro atoms. The minimum absolute atomic E-state index is 0.347. The van der Waals surface area contributed by atoms with E-state index in [-0.39, 0.29) is 0 Å². The number of carbonyl (C=O) groups is 1. The third-order valence-corrected chi connectivity index (χ3v) is 1.95. The molecule has 1 aromatic rings. The van der Waals surface area contributed by atoms with E-state index in [0.29, 0.717) is 24.5 Å². The Morgan fingerprint density at radius 1 is 1.71 bits per heavy atom. The quantitative estimate of drug-likeness (QED) is 0.639. The molecule has 0 bridgehead atoms. The zero-order chi connectivity index (χ0) is 10.1. The number of hydrogen-bond acceptors (Lipinski definition) is 4. The van der Waals surface area contributed by atoms with Crippen LogP contribution >= 0.6 is 0 Å². The molecule has 1 aliphatic heterocycles. The maximum atomic E-state index is 11.2. The van der Waals surface area contributed by atoms with Crippen molar-refractivity contribution in [1.29, 1.82) is 5.26 Å². The van der Waals surface area contributed by atoms with Crippen molar-refractivity contribution < 1.29 is 9.53 Å². The lowest BCUT2D eigenvalue weighted by molar-refractivity contribution is 0.181. The van der Waals surface area contributed by atoms with Crippen molar-refractivity contribution in [2.45, 2.75) is 0 Å². The number of carbonyl (C=O) groups excluding carboxylic acids is 1. The number of amides is 1. The Balaban J connectivity index is 2.40. The van der Waals surface area contributed by atoms with E-state index < -0.39 is 6.09 Å². The lowest BCUT2D eigenvalue weighted by Crippen LogP contribution is -2.24. The monoisotopic (exact) mass is 192 g/mol. The van der Waals surface area contributed by atoms with Crippen LogP contribution in [0.5, 0.6) is 0 Å². The van der Waals surface area contributed by atoms with E-state index >= 15 is 0 Å². The van der Waals surface area contributed by atoms with Crippen LogP contribution in [-0.4, -0.2) is 29.0 Å². The van der Waals surface area contributed by atoms with Crippen LogP contribution in [0.1, 0.15) is 5.56 Å². The Kier molecular flexibility index (Phi) is 1.85. The third kappa shape index (κ3) is 1.19. The van der Waals surface area contributed by atoms with Crippen LogP contribution in [0.4, 0.5) is 10.6 Å². The van der Waals surface area contributed by atoms with E-state index in [1.807, 2.05) is 6.07 Å². The zero-order valence-electron chi connectivity index (χ0n) is 7.60. The van der Waals surface area contributed by atoms with Gasteiger partial charge in [-0.2, -0.15) is 10.4 Å². The van der Waals surface area contributed by atoms with Crippen molar-refractivity contribution in [3.8, 4) is 6.07 Å². The van der Waals surface area contributed by atoms with Gasteiger partial charge in [0.2, 0.25) is 0 Å². The number of aromatic nitrogens is 2. The summed E-state index contributed by atoms with van der Waals surface area (Å²) in [5.41, 5.74) is 0.381. The van der Waals surface area contributed by atoms with Gasteiger partial charge >= 0.3 is 6.09 Å². The summed E-state index contributed by atoms with van der Waals surface area (Å²) in [5.74, 6) is 0.373. The van der Waals surface area contributed by atoms with Crippen molar-refractivity contribution in [3.63, 3.8) is 0 Å². The van der Waals surface area contributed by atoms with Crippen LogP contribution in [0.3, 0.4) is 0 Å². The number of anilines is 1. The van der Waals surface area contributed by atoms with Crippen molar-refractivity contribution in [3.05, 3.63) is 11.8 Å². The fourth-order valence-electron chi connectivity index (χ4n) is 1.34. The van der Waals surface area contributed by atoms with Crippen LogP contribution in [-0.2, 0) is 11.8 Å². The first-order valence-electron chi connectivity index (χ1n) is 4.10. The Morgan fingerprint density at radius 3 is 3.07 bits per heavy atom. The molecular formula is C8H8N4O2. The molecule has 2 rings (SSSR count). The highest BCUT2D eigenvalue weighted by Crippen LogP contribution is 2.20. The fraction of sp³-hybridized carbons (Fsp3) is 0.375. The topological polar surface area (TPSA) is 71.2 Å². The summed E-state index contributed by atoms with van der Waals surface area (Å²) in [4.78, 5) is 12.6. The number of aryl methyl sites for hydroxylation is 1. The Bertz CT molecular complexity index is 417. The Hall–Kier alpha value is -2.03. The number of hydrogen-bond donors (Lipinski definition) is 0. The van der Waals surface area contributed by atoms with Gasteiger partial charge in [-0.15, -0.1) is 0 Å². The summed E-state index contributed by atoms with van der Waals surface area (Å²) >= 11 is 0. The van der Waals surface area contributed by atoms with Crippen LogP contribution in [0.25, 0.3) is 0 Å². The standard InChI is InChI=1S/C8H8N4O2/c1-11-5-6(4-9)7(10-11)12-2-3-14-8(12)13/h5H,2-3H2,1H3. The summed E-state index contributed by atoms with van der Waals surface area (Å²) in [6.07, 6.45) is 1.13. The van der Waals surface area contributed by atoms with Crippen molar-refractivity contribution in [2.75, 3.05) is 18.1 Å². The van der Waals surface area contributed by atoms with Crippen LogP contribution in [0, 0.1) is 11.3 Å². The first-order chi connectivity index (χ1) is 6.72. The van der Waals surface area contributed by atoms with E-state index in [2.05, 4.69) is 5.10 Å². The van der Waals surface area contributed by atoms with E-state index in [1.165, 1.54) is 9.58 Å². The molecule has 72 valence electrons. The van der Waals surface area contributed by atoms with Crippen LogP contribution in [0.2, 0.25) is 0 Å². The maximum Gasteiger partial charge on any atom is 0.415 e. The molecule has 2 heterocycles. The van der Waals surface area contributed by atoms with Gasteiger partial charge in [0.1, 0.15) is 18.2 Å². The minimum Gasteiger partial charge on any atom is -0.447 e. The Labute approximate surface area is 80.3 Å². The molecule has 0 radical (unpaired) electrons. The molecule has 0 unspecified atom stereocenters. The predicted octanol–water partition coefficient (Wildman–Crippen LogP) is 0.248. The second kappa shape index (κ2) is 3.03. The second-order valence-electron chi connectivity index (χ2n) is 2.92. The highest BCUT2D eigenvalue weighted by Gasteiger charge is 2.28. The molecule has 6 heteroatoms. The molecule has 1 aromatic heterocycles. The molecule has 1 aliphatic rings. The molecule has 0 aromatic carbocycles. The second-order valence-corrected chi connectivity index (χ2v) is 2.92. The van der Waals surface area contributed by atoms with Gasteiger partial charge in [-0.05, 0) is 0 Å². The molecule has 1 fully saturated rings. The summed E-state index contributed by atoms with van der Waals surface area (Å²) in [7, 11) is 1.70.